The van der Waals surface area contributed by atoms with Crippen molar-refractivity contribution in [3.63, 3.8) is 0 Å². The van der Waals surface area contributed by atoms with Crippen molar-refractivity contribution in [2.75, 3.05) is 5.32 Å². The molecule has 2 rings (SSSR count). The number of anilines is 1. The summed E-state index contributed by atoms with van der Waals surface area (Å²) in [7, 11) is 0. The number of nitrogens with zero attached hydrogens (tertiary/aromatic N) is 1. The third-order valence-corrected chi connectivity index (χ3v) is 3.01. The zero-order valence-corrected chi connectivity index (χ0v) is 12.1. The summed E-state index contributed by atoms with van der Waals surface area (Å²) >= 11 is 11.0. The lowest BCUT2D eigenvalue weighted by molar-refractivity contribution is 0.924. The van der Waals surface area contributed by atoms with E-state index in [0.29, 0.717) is 22.5 Å². The van der Waals surface area contributed by atoms with Crippen LogP contribution in [0.15, 0.2) is 42.6 Å². The Hall–Kier alpha value is -1.65. The van der Waals surface area contributed by atoms with Gasteiger partial charge in [0.25, 0.3) is 0 Å². The molecule has 1 aromatic carbocycles. The summed E-state index contributed by atoms with van der Waals surface area (Å²) < 4.78 is 0. The molecule has 2 aromatic rings. The van der Waals surface area contributed by atoms with Crippen molar-refractivity contribution >= 4 is 34.7 Å². The van der Waals surface area contributed by atoms with Crippen LogP contribution in [0.25, 0.3) is 0 Å². The van der Waals surface area contributed by atoms with Gasteiger partial charge in [0.2, 0.25) is 0 Å². The van der Waals surface area contributed by atoms with E-state index in [9.17, 15) is 0 Å². The number of thiocarbonyl (C=S) groups is 1. The van der Waals surface area contributed by atoms with Crippen molar-refractivity contribution in [3.05, 3.63) is 58.7 Å². The molecule has 0 saturated carbocycles. The quantitative estimate of drug-likeness (QED) is 0.848. The van der Waals surface area contributed by atoms with Crippen LogP contribution in [0.1, 0.15) is 11.1 Å². The fourth-order valence-corrected chi connectivity index (χ4v) is 1.79. The topological polar surface area (TPSA) is 37.0 Å². The number of halogens is 1. The van der Waals surface area contributed by atoms with E-state index in [0.717, 1.165) is 0 Å². The zero-order valence-electron chi connectivity index (χ0n) is 10.5. The molecule has 0 bridgehead atoms. The van der Waals surface area contributed by atoms with Gasteiger partial charge < -0.3 is 10.6 Å². The monoisotopic (exact) mass is 291 g/mol. The van der Waals surface area contributed by atoms with Crippen molar-refractivity contribution in [1.82, 2.24) is 10.3 Å². The molecular weight excluding hydrogens is 278 g/mol. The second-order valence-electron chi connectivity index (χ2n) is 4.15. The van der Waals surface area contributed by atoms with E-state index in [4.69, 9.17) is 23.8 Å². The van der Waals surface area contributed by atoms with Crippen molar-refractivity contribution in [3.8, 4) is 0 Å². The van der Waals surface area contributed by atoms with Crippen LogP contribution in [0.5, 0.6) is 0 Å². The minimum absolute atomic E-state index is 0.537. The van der Waals surface area contributed by atoms with E-state index in [1.54, 1.807) is 18.3 Å². The summed E-state index contributed by atoms with van der Waals surface area (Å²) in [6, 6.07) is 11.8. The highest BCUT2D eigenvalue weighted by molar-refractivity contribution is 7.80. The third kappa shape index (κ3) is 4.50. The number of pyridine rings is 1. The molecule has 0 aliphatic heterocycles. The SMILES string of the molecule is Cc1ccc(CNC(=S)Nc2ccc(Cl)cn2)cc1. The molecular formula is C14H14ClN3S. The van der Waals surface area contributed by atoms with Gasteiger partial charge in [-0.1, -0.05) is 41.4 Å². The van der Waals surface area contributed by atoms with Crippen molar-refractivity contribution < 1.29 is 0 Å². The van der Waals surface area contributed by atoms with Gasteiger partial charge in [-0.15, -0.1) is 0 Å². The predicted octanol–water partition coefficient (Wildman–Crippen LogP) is 3.53. The largest absolute Gasteiger partial charge is 0.358 e. The average Bonchev–Trinajstić information content (AvgIpc) is 2.41. The second kappa shape index (κ2) is 6.50. The smallest absolute Gasteiger partial charge is 0.172 e. The van der Waals surface area contributed by atoms with E-state index >= 15 is 0 Å². The minimum atomic E-state index is 0.537. The fourth-order valence-electron chi connectivity index (χ4n) is 1.50. The van der Waals surface area contributed by atoms with Gasteiger partial charge in [-0.3, -0.25) is 0 Å². The van der Waals surface area contributed by atoms with Crippen LogP contribution in [-0.2, 0) is 6.54 Å². The molecule has 0 amide bonds. The average molecular weight is 292 g/mol. The minimum Gasteiger partial charge on any atom is -0.358 e. The second-order valence-corrected chi connectivity index (χ2v) is 5.00. The number of nitrogens with one attached hydrogen (secondary N) is 2. The molecule has 19 heavy (non-hydrogen) atoms. The zero-order chi connectivity index (χ0) is 13.7. The lowest BCUT2D eigenvalue weighted by Gasteiger charge is -2.10. The van der Waals surface area contributed by atoms with Gasteiger partial charge in [0.1, 0.15) is 5.82 Å². The summed E-state index contributed by atoms with van der Waals surface area (Å²) in [5.74, 6) is 0.672. The van der Waals surface area contributed by atoms with Crippen LogP contribution in [0.2, 0.25) is 5.02 Å². The third-order valence-electron chi connectivity index (χ3n) is 2.54. The van der Waals surface area contributed by atoms with E-state index in [1.165, 1.54) is 11.1 Å². The summed E-state index contributed by atoms with van der Waals surface area (Å²) in [6.07, 6.45) is 1.58. The maximum Gasteiger partial charge on any atom is 0.172 e. The Bertz CT molecular complexity index is 552. The van der Waals surface area contributed by atoms with Gasteiger partial charge in [0.15, 0.2) is 5.11 Å². The lowest BCUT2D eigenvalue weighted by atomic mass is 10.1. The van der Waals surface area contributed by atoms with Crippen molar-refractivity contribution in [2.24, 2.45) is 0 Å². The molecule has 0 spiro atoms. The van der Waals surface area contributed by atoms with Crippen LogP contribution in [0.3, 0.4) is 0 Å². The molecule has 3 nitrogen and oxygen atoms in total. The number of aromatic nitrogens is 1. The highest BCUT2D eigenvalue weighted by Crippen LogP contribution is 2.09. The molecule has 1 heterocycles. The molecule has 2 N–H and O–H groups in total. The standard InChI is InChI=1S/C14H14ClN3S/c1-10-2-4-11(5-3-10)8-17-14(19)18-13-7-6-12(15)9-16-13/h2-7,9H,8H2,1H3,(H2,16,17,18,19). The number of benzene rings is 1. The molecule has 0 unspecified atom stereocenters. The van der Waals surface area contributed by atoms with E-state index in [2.05, 4.69) is 46.8 Å². The molecule has 0 atom stereocenters. The lowest BCUT2D eigenvalue weighted by Crippen LogP contribution is -2.28. The number of aryl methyl sites for hydroxylation is 1. The Labute approximate surface area is 123 Å². The summed E-state index contributed by atoms with van der Waals surface area (Å²) in [5.41, 5.74) is 2.42. The van der Waals surface area contributed by atoms with Crippen molar-refractivity contribution in [2.45, 2.75) is 13.5 Å². The summed E-state index contributed by atoms with van der Waals surface area (Å²) in [4.78, 5) is 4.11. The molecule has 0 radical (unpaired) electrons. The normalized spacial score (nSPS) is 10.0. The van der Waals surface area contributed by atoms with Gasteiger partial charge >= 0.3 is 0 Å². The maximum absolute atomic E-state index is 5.76. The van der Waals surface area contributed by atoms with E-state index in [1.807, 2.05) is 0 Å². The van der Waals surface area contributed by atoms with Gasteiger partial charge in [0, 0.05) is 12.7 Å². The van der Waals surface area contributed by atoms with Gasteiger partial charge in [0.05, 0.1) is 5.02 Å². The first-order valence-corrected chi connectivity index (χ1v) is 6.64. The van der Waals surface area contributed by atoms with E-state index < -0.39 is 0 Å². The maximum atomic E-state index is 5.76. The van der Waals surface area contributed by atoms with Gasteiger partial charge in [-0.25, -0.2) is 4.98 Å². The van der Waals surface area contributed by atoms with Gasteiger partial charge in [-0.2, -0.15) is 0 Å². The molecule has 5 heteroatoms. The molecule has 0 saturated heterocycles. The first-order valence-electron chi connectivity index (χ1n) is 5.85. The molecule has 0 aliphatic carbocycles. The Morgan fingerprint density at radius 3 is 2.58 bits per heavy atom. The summed E-state index contributed by atoms with van der Waals surface area (Å²) in [6.45, 7) is 2.75. The van der Waals surface area contributed by atoms with E-state index in [-0.39, 0.29) is 0 Å². The number of hydrogen-bond acceptors (Lipinski definition) is 2. The highest BCUT2D eigenvalue weighted by atomic mass is 35.5. The first kappa shape index (κ1) is 13.8. The van der Waals surface area contributed by atoms with Crippen LogP contribution in [-0.4, -0.2) is 10.1 Å². The Morgan fingerprint density at radius 2 is 1.95 bits per heavy atom. The Morgan fingerprint density at radius 1 is 1.21 bits per heavy atom. The summed E-state index contributed by atoms with van der Waals surface area (Å²) in [5, 5.41) is 7.27. The van der Waals surface area contributed by atoms with Crippen LogP contribution in [0, 0.1) is 6.92 Å². The van der Waals surface area contributed by atoms with Crippen LogP contribution < -0.4 is 10.6 Å². The molecule has 1 aromatic heterocycles. The predicted molar refractivity (Wildman–Crippen MR) is 83.5 cm³/mol. The van der Waals surface area contributed by atoms with Gasteiger partial charge in [-0.05, 0) is 36.8 Å². The Balaban J connectivity index is 1.84. The highest BCUT2D eigenvalue weighted by Gasteiger charge is 1.99. The van der Waals surface area contributed by atoms with Crippen molar-refractivity contribution in [1.29, 1.82) is 0 Å². The van der Waals surface area contributed by atoms with Crippen LogP contribution >= 0.6 is 23.8 Å². The molecule has 98 valence electrons. The number of rotatable bonds is 3. The Kier molecular flexibility index (Phi) is 4.71. The first-order chi connectivity index (χ1) is 9.13. The fraction of sp³-hybridized carbons (Fsp3) is 0.143. The number of hydrogen-bond donors (Lipinski definition) is 2. The molecule has 0 fully saturated rings. The molecule has 0 aliphatic rings. The van der Waals surface area contributed by atoms with Crippen LogP contribution in [0.4, 0.5) is 5.82 Å².